The van der Waals surface area contributed by atoms with Crippen LogP contribution in [0, 0.1) is 10.1 Å². The van der Waals surface area contributed by atoms with Gasteiger partial charge in [-0.1, -0.05) is 30.3 Å². The second-order valence-corrected chi connectivity index (χ2v) is 3.84. The second kappa shape index (κ2) is 3.66. The van der Waals surface area contributed by atoms with Crippen molar-refractivity contribution in [2.75, 3.05) is 0 Å². The quantitative estimate of drug-likeness (QED) is 0.284. The minimum Gasteiger partial charge on any atom is -0.422 e. The molecule has 5 nitrogen and oxygen atoms in total. The summed E-state index contributed by atoms with van der Waals surface area (Å²) in [6.07, 6.45) is 0. The molecule has 1 aromatic heterocycles. The van der Waals surface area contributed by atoms with Crippen molar-refractivity contribution in [3.05, 3.63) is 63.0 Å². The van der Waals surface area contributed by atoms with Crippen LogP contribution in [0.3, 0.4) is 0 Å². The van der Waals surface area contributed by atoms with Crippen LogP contribution < -0.4 is 5.63 Å². The molecule has 88 valence electrons. The smallest absolute Gasteiger partial charge is 0.351 e. The van der Waals surface area contributed by atoms with E-state index in [4.69, 9.17) is 4.42 Å². The summed E-state index contributed by atoms with van der Waals surface area (Å²) in [6.45, 7) is 0. The average Bonchev–Trinajstić information content (AvgIpc) is 2.38. The summed E-state index contributed by atoms with van der Waals surface area (Å²) in [7, 11) is 0. The number of hydrogen-bond acceptors (Lipinski definition) is 4. The number of fused-ring (bicyclic) bond motifs is 3. The Hall–Kier alpha value is -2.69. The van der Waals surface area contributed by atoms with Crippen LogP contribution in [0.5, 0.6) is 0 Å². The lowest BCUT2D eigenvalue weighted by molar-refractivity contribution is -0.383. The predicted octanol–water partition coefficient (Wildman–Crippen LogP) is 2.85. The van der Waals surface area contributed by atoms with E-state index in [0.717, 1.165) is 0 Å². The molecule has 0 bridgehead atoms. The molecule has 0 fully saturated rings. The molecule has 0 aliphatic heterocycles. The molecule has 0 unspecified atom stereocenters. The first-order valence-electron chi connectivity index (χ1n) is 5.27. The highest BCUT2D eigenvalue weighted by Crippen LogP contribution is 2.28. The first kappa shape index (κ1) is 10.5. The standard InChI is InChI=1S/C13H7NO4/c15-13-12-9(5-3-6-10(12)14(16)17)8-4-1-2-7-11(8)18-13/h1-7H. The van der Waals surface area contributed by atoms with Crippen molar-refractivity contribution in [3.63, 3.8) is 0 Å². The van der Waals surface area contributed by atoms with Gasteiger partial charge in [0, 0.05) is 16.8 Å². The zero-order valence-electron chi connectivity index (χ0n) is 9.12. The summed E-state index contributed by atoms with van der Waals surface area (Å²) < 4.78 is 5.11. The van der Waals surface area contributed by atoms with Crippen molar-refractivity contribution in [1.82, 2.24) is 0 Å². The Balaban J connectivity index is 2.64. The van der Waals surface area contributed by atoms with Crippen molar-refractivity contribution in [2.45, 2.75) is 0 Å². The van der Waals surface area contributed by atoms with Crippen molar-refractivity contribution in [1.29, 1.82) is 0 Å². The molecule has 0 saturated heterocycles. The molecule has 0 saturated carbocycles. The van der Waals surface area contributed by atoms with E-state index >= 15 is 0 Å². The molecule has 5 heteroatoms. The molecule has 0 radical (unpaired) electrons. The number of non-ortho nitro benzene ring substituents is 1. The van der Waals surface area contributed by atoms with E-state index in [2.05, 4.69) is 0 Å². The minimum atomic E-state index is -0.684. The number of nitrogens with zero attached hydrogens (tertiary/aromatic N) is 1. The maximum Gasteiger partial charge on any atom is 0.351 e. The van der Waals surface area contributed by atoms with E-state index in [9.17, 15) is 14.9 Å². The average molecular weight is 241 g/mol. The molecular weight excluding hydrogens is 234 g/mol. The Labute approximate surface area is 100 Å². The van der Waals surface area contributed by atoms with E-state index in [0.29, 0.717) is 16.4 Å². The second-order valence-electron chi connectivity index (χ2n) is 3.84. The summed E-state index contributed by atoms with van der Waals surface area (Å²) >= 11 is 0. The largest absolute Gasteiger partial charge is 0.422 e. The minimum absolute atomic E-state index is 0.0150. The van der Waals surface area contributed by atoms with Crippen LogP contribution in [0.25, 0.3) is 21.7 Å². The van der Waals surface area contributed by atoms with Crippen molar-refractivity contribution < 1.29 is 9.34 Å². The van der Waals surface area contributed by atoms with E-state index in [1.165, 1.54) is 6.07 Å². The number of rotatable bonds is 1. The van der Waals surface area contributed by atoms with Gasteiger partial charge in [0.25, 0.3) is 5.69 Å². The molecule has 3 aromatic rings. The lowest BCUT2D eigenvalue weighted by Crippen LogP contribution is -2.03. The number of nitro groups is 1. The monoisotopic (exact) mass is 241 g/mol. The predicted molar refractivity (Wildman–Crippen MR) is 66.6 cm³/mol. The van der Waals surface area contributed by atoms with Crippen LogP contribution in [-0.2, 0) is 0 Å². The number of para-hydroxylation sites is 1. The maximum atomic E-state index is 11.8. The van der Waals surface area contributed by atoms with Gasteiger partial charge in [-0.05, 0) is 6.07 Å². The molecule has 0 aliphatic carbocycles. The van der Waals surface area contributed by atoms with Gasteiger partial charge in [0.1, 0.15) is 11.0 Å². The molecule has 0 aliphatic rings. The Kier molecular flexibility index (Phi) is 2.13. The van der Waals surface area contributed by atoms with Crippen molar-refractivity contribution in [2.24, 2.45) is 0 Å². The molecule has 18 heavy (non-hydrogen) atoms. The Bertz CT molecular complexity index is 835. The Morgan fingerprint density at radius 1 is 1.00 bits per heavy atom. The van der Waals surface area contributed by atoms with E-state index in [1.807, 2.05) is 0 Å². The van der Waals surface area contributed by atoms with E-state index in [1.54, 1.807) is 36.4 Å². The molecule has 0 amide bonds. The van der Waals surface area contributed by atoms with Gasteiger partial charge in [-0.3, -0.25) is 10.1 Å². The van der Waals surface area contributed by atoms with Crippen LogP contribution in [0.4, 0.5) is 5.69 Å². The first-order chi connectivity index (χ1) is 8.68. The van der Waals surface area contributed by atoms with E-state index < -0.39 is 10.5 Å². The zero-order chi connectivity index (χ0) is 12.7. The Morgan fingerprint density at radius 2 is 1.72 bits per heavy atom. The van der Waals surface area contributed by atoms with E-state index in [-0.39, 0.29) is 11.1 Å². The fourth-order valence-electron chi connectivity index (χ4n) is 2.06. The summed E-state index contributed by atoms with van der Waals surface area (Å²) in [4.78, 5) is 22.2. The highest BCUT2D eigenvalue weighted by Gasteiger charge is 2.17. The van der Waals surface area contributed by atoms with Gasteiger partial charge in [-0.2, -0.15) is 0 Å². The third-order valence-corrected chi connectivity index (χ3v) is 2.82. The summed E-state index contributed by atoms with van der Waals surface area (Å²) in [6, 6.07) is 11.5. The third-order valence-electron chi connectivity index (χ3n) is 2.82. The third kappa shape index (κ3) is 1.37. The van der Waals surface area contributed by atoms with Gasteiger partial charge >= 0.3 is 5.63 Å². The lowest BCUT2D eigenvalue weighted by Gasteiger charge is -2.02. The normalized spacial score (nSPS) is 10.9. The molecular formula is C13H7NO4. The van der Waals surface area contributed by atoms with Crippen LogP contribution in [0.15, 0.2) is 51.7 Å². The molecule has 3 rings (SSSR count). The molecule has 1 heterocycles. The van der Waals surface area contributed by atoms with Crippen LogP contribution >= 0.6 is 0 Å². The molecule has 0 spiro atoms. The number of hydrogen-bond donors (Lipinski definition) is 0. The van der Waals surface area contributed by atoms with Gasteiger partial charge in [-0.25, -0.2) is 4.79 Å². The maximum absolute atomic E-state index is 11.8. The zero-order valence-corrected chi connectivity index (χ0v) is 9.12. The van der Waals surface area contributed by atoms with Gasteiger partial charge < -0.3 is 4.42 Å². The lowest BCUT2D eigenvalue weighted by atomic mass is 10.1. The number of nitro benzene ring substituents is 1. The fraction of sp³-hybridized carbons (Fsp3) is 0. The van der Waals surface area contributed by atoms with Crippen molar-refractivity contribution in [3.8, 4) is 0 Å². The van der Waals surface area contributed by atoms with Crippen LogP contribution in [0.1, 0.15) is 0 Å². The molecule has 0 atom stereocenters. The highest BCUT2D eigenvalue weighted by molar-refractivity contribution is 6.07. The van der Waals surface area contributed by atoms with Crippen molar-refractivity contribution >= 4 is 27.4 Å². The highest BCUT2D eigenvalue weighted by atomic mass is 16.6. The van der Waals surface area contributed by atoms with Gasteiger partial charge in [0.15, 0.2) is 0 Å². The first-order valence-corrected chi connectivity index (χ1v) is 5.27. The van der Waals surface area contributed by atoms with Crippen LogP contribution in [-0.4, -0.2) is 4.92 Å². The van der Waals surface area contributed by atoms with Gasteiger partial charge in [0.05, 0.1) is 4.92 Å². The summed E-state index contributed by atoms with van der Waals surface area (Å²) in [5.41, 5.74) is -0.487. The summed E-state index contributed by atoms with van der Waals surface area (Å²) in [5, 5.41) is 12.2. The molecule has 0 N–H and O–H groups in total. The van der Waals surface area contributed by atoms with Gasteiger partial charge in [0.2, 0.25) is 0 Å². The molecule has 2 aromatic carbocycles. The SMILES string of the molecule is O=c1oc2ccccc2c2cccc([N+](=O)[O-])c12. The fourth-order valence-corrected chi connectivity index (χ4v) is 2.06. The van der Waals surface area contributed by atoms with Crippen LogP contribution in [0.2, 0.25) is 0 Å². The van der Waals surface area contributed by atoms with Gasteiger partial charge in [-0.15, -0.1) is 0 Å². The number of benzene rings is 2. The summed E-state index contributed by atoms with van der Waals surface area (Å²) in [5.74, 6) is 0. The Morgan fingerprint density at radius 3 is 2.50 bits per heavy atom. The topological polar surface area (TPSA) is 73.3 Å².